The topological polar surface area (TPSA) is 80.8 Å². The molecular weight excluding hydrogens is 366 g/mol. The van der Waals surface area contributed by atoms with Crippen molar-refractivity contribution in [3.8, 4) is 5.75 Å². The molecule has 0 saturated heterocycles. The van der Waals surface area contributed by atoms with Gasteiger partial charge in [-0.1, -0.05) is 24.7 Å². The van der Waals surface area contributed by atoms with Crippen LogP contribution in [0, 0.1) is 0 Å². The van der Waals surface area contributed by atoms with E-state index >= 15 is 0 Å². The first-order chi connectivity index (χ1) is 13.1. The number of carbonyl (C=O) groups excluding carboxylic acids is 2. The van der Waals surface area contributed by atoms with E-state index in [1.807, 2.05) is 0 Å². The fourth-order valence-electron chi connectivity index (χ4n) is 2.74. The lowest BCUT2D eigenvalue weighted by Crippen LogP contribution is -2.35. The van der Waals surface area contributed by atoms with Gasteiger partial charge in [-0.2, -0.15) is 0 Å². The van der Waals surface area contributed by atoms with Crippen molar-refractivity contribution in [2.45, 2.75) is 32.7 Å². The Hall–Kier alpha value is -2.61. The highest BCUT2D eigenvalue weighted by Gasteiger charge is 2.25. The van der Waals surface area contributed by atoms with Crippen molar-refractivity contribution in [1.82, 2.24) is 9.88 Å². The van der Waals surface area contributed by atoms with E-state index < -0.39 is 0 Å². The summed E-state index contributed by atoms with van der Waals surface area (Å²) in [5, 5.41) is 3.38. The average molecular weight is 389 g/mol. The van der Waals surface area contributed by atoms with E-state index in [2.05, 4.69) is 17.2 Å². The summed E-state index contributed by atoms with van der Waals surface area (Å²) < 4.78 is 10.4. The monoisotopic (exact) mass is 389 g/mol. The molecule has 1 N–H and O–H groups in total. The Kier molecular flexibility index (Phi) is 6.28. The highest BCUT2D eigenvalue weighted by molar-refractivity contribution is 7.15. The van der Waals surface area contributed by atoms with Crippen molar-refractivity contribution in [3.63, 3.8) is 0 Å². The summed E-state index contributed by atoms with van der Waals surface area (Å²) in [5.41, 5.74) is 1.47. The van der Waals surface area contributed by atoms with Crippen molar-refractivity contribution in [3.05, 3.63) is 40.4 Å². The molecule has 1 aliphatic heterocycles. The largest absolute Gasteiger partial charge is 0.494 e. The Morgan fingerprint density at radius 3 is 2.78 bits per heavy atom. The number of nitrogens with one attached hydrogen (secondary N) is 1. The molecule has 144 valence electrons. The summed E-state index contributed by atoms with van der Waals surface area (Å²) in [6.45, 7) is 3.81. The van der Waals surface area contributed by atoms with E-state index in [4.69, 9.17) is 9.47 Å². The van der Waals surface area contributed by atoms with E-state index in [0.717, 1.165) is 29.2 Å². The summed E-state index contributed by atoms with van der Waals surface area (Å²) in [5.74, 6) is 0.540. The molecule has 0 radical (unpaired) electrons. The number of amides is 2. The third-order valence-corrected chi connectivity index (χ3v) is 5.27. The molecule has 2 amide bonds. The summed E-state index contributed by atoms with van der Waals surface area (Å²) in [6, 6.07) is 7.07. The first-order valence-electron chi connectivity index (χ1n) is 8.96. The van der Waals surface area contributed by atoms with Crippen LogP contribution in [0.25, 0.3) is 0 Å². The standard InChI is InChI=1S/C19H23N3O4S/c1-3-4-11-26-14-7-5-13(6-8-14)17(23)21-18-20-15-9-10-22(19(24)25-2)12-16(15)27-18/h5-8H,3-4,9-12H2,1-2H3,(H,20,21,23). The van der Waals surface area contributed by atoms with Gasteiger partial charge in [-0.3, -0.25) is 10.1 Å². The first kappa shape index (κ1) is 19.2. The number of thiazole rings is 1. The quantitative estimate of drug-likeness (QED) is 0.762. The number of carbonyl (C=O) groups is 2. The molecule has 0 spiro atoms. The zero-order valence-electron chi connectivity index (χ0n) is 15.5. The molecule has 1 aliphatic rings. The van der Waals surface area contributed by atoms with Gasteiger partial charge in [0, 0.05) is 23.4 Å². The van der Waals surface area contributed by atoms with Crippen LogP contribution in [0.15, 0.2) is 24.3 Å². The molecule has 8 heteroatoms. The van der Waals surface area contributed by atoms with Gasteiger partial charge in [0.25, 0.3) is 5.91 Å². The molecule has 0 fully saturated rings. The molecule has 0 saturated carbocycles. The summed E-state index contributed by atoms with van der Waals surface area (Å²) in [4.78, 5) is 31.2. The number of fused-ring (bicyclic) bond motifs is 1. The van der Waals surface area contributed by atoms with Gasteiger partial charge >= 0.3 is 6.09 Å². The van der Waals surface area contributed by atoms with Gasteiger partial charge in [-0.15, -0.1) is 0 Å². The van der Waals surface area contributed by atoms with Crippen LogP contribution in [0.4, 0.5) is 9.93 Å². The van der Waals surface area contributed by atoms with Crippen molar-refractivity contribution in [1.29, 1.82) is 0 Å². The number of unbranched alkanes of at least 4 members (excludes halogenated alkanes) is 1. The van der Waals surface area contributed by atoms with Crippen LogP contribution in [0.2, 0.25) is 0 Å². The van der Waals surface area contributed by atoms with Gasteiger partial charge in [0.15, 0.2) is 5.13 Å². The predicted octanol–water partition coefficient (Wildman–Crippen LogP) is 3.70. The number of hydrogen-bond donors (Lipinski definition) is 1. The number of nitrogens with zero attached hydrogens (tertiary/aromatic N) is 2. The summed E-state index contributed by atoms with van der Waals surface area (Å²) >= 11 is 1.39. The molecule has 2 heterocycles. The van der Waals surface area contributed by atoms with E-state index in [0.29, 0.717) is 36.8 Å². The Morgan fingerprint density at radius 1 is 1.30 bits per heavy atom. The molecule has 0 unspecified atom stereocenters. The average Bonchev–Trinajstić information content (AvgIpc) is 3.09. The maximum Gasteiger partial charge on any atom is 0.409 e. The molecule has 1 aromatic heterocycles. The minimum Gasteiger partial charge on any atom is -0.494 e. The highest BCUT2D eigenvalue weighted by atomic mass is 32.1. The van der Waals surface area contributed by atoms with Gasteiger partial charge in [0.2, 0.25) is 0 Å². The van der Waals surface area contributed by atoms with Crippen molar-refractivity contribution in [2.75, 3.05) is 25.6 Å². The number of anilines is 1. The highest BCUT2D eigenvalue weighted by Crippen LogP contribution is 2.29. The Bertz CT molecular complexity index is 804. The maximum absolute atomic E-state index is 12.4. The predicted molar refractivity (Wildman–Crippen MR) is 103 cm³/mol. The maximum atomic E-state index is 12.4. The number of aromatic nitrogens is 1. The van der Waals surface area contributed by atoms with E-state index in [9.17, 15) is 9.59 Å². The second-order valence-corrected chi connectivity index (χ2v) is 7.29. The van der Waals surface area contributed by atoms with Crippen molar-refractivity contribution < 1.29 is 19.1 Å². The second-order valence-electron chi connectivity index (χ2n) is 6.21. The second kappa shape index (κ2) is 8.85. The van der Waals surface area contributed by atoms with Gasteiger partial charge < -0.3 is 14.4 Å². The molecule has 3 rings (SSSR count). The van der Waals surface area contributed by atoms with E-state index in [1.165, 1.54) is 18.4 Å². The van der Waals surface area contributed by atoms with Crippen LogP contribution in [-0.4, -0.2) is 42.1 Å². The first-order valence-corrected chi connectivity index (χ1v) is 9.78. The Labute approximate surface area is 162 Å². The number of hydrogen-bond acceptors (Lipinski definition) is 6. The number of rotatable bonds is 6. The summed E-state index contributed by atoms with van der Waals surface area (Å²) in [6.07, 6.45) is 2.39. The molecular formula is C19H23N3O4S. The smallest absolute Gasteiger partial charge is 0.409 e. The SMILES string of the molecule is CCCCOc1ccc(C(=O)Nc2nc3c(s2)CN(C(=O)OC)CC3)cc1. The van der Waals surface area contributed by atoms with Crippen LogP contribution < -0.4 is 10.1 Å². The normalized spacial score (nSPS) is 13.0. The lowest BCUT2D eigenvalue weighted by Gasteiger charge is -2.24. The molecule has 0 atom stereocenters. The van der Waals surface area contributed by atoms with Crippen LogP contribution in [0.5, 0.6) is 5.75 Å². The third kappa shape index (κ3) is 4.77. The van der Waals surface area contributed by atoms with E-state index in [1.54, 1.807) is 29.2 Å². The van der Waals surface area contributed by atoms with E-state index in [-0.39, 0.29) is 12.0 Å². The summed E-state index contributed by atoms with van der Waals surface area (Å²) in [7, 11) is 1.37. The van der Waals surface area contributed by atoms with Crippen LogP contribution in [0.3, 0.4) is 0 Å². The molecule has 0 bridgehead atoms. The third-order valence-electron chi connectivity index (χ3n) is 4.27. The van der Waals surface area contributed by atoms with Gasteiger partial charge in [0.05, 0.1) is 26.0 Å². The minimum absolute atomic E-state index is 0.217. The van der Waals surface area contributed by atoms with Gasteiger partial charge in [0.1, 0.15) is 5.75 Å². The van der Waals surface area contributed by atoms with Crippen LogP contribution in [-0.2, 0) is 17.7 Å². The lowest BCUT2D eigenvalue weighted by molar-refractivity contribution is 0.102. The number of ether oxygens (including phenoxy) is 2. The molecule has 27 heavy (non-hydrogen) atoms. The van der Waals surface area contributed by atoms with Gasteiger partial charge in [-0.05, 0) is 30.7 Å². The number of benzene rings is 1. The van der Waals surface area contributed by atoms with Crippen LogP contribution >= 0.6 is 11.3 Å². The molecule has 0 aliphatic carbocycles. The van der Waals surface area contributed by atoms with Crippen molar-refractivity contribution in [2.24, 2.45) is 0 Å². The minimum atomic E-state index is -0.346. The Morgan fingerprint density at radius 2 is 2.07 bits per heavy atom. The fourth-order valence-corrected chi connectivity index (χ4v) is 3.76. The zero-order chi connectivity index (χ0) is 19.2. The Balaban J connectivity index is 1.60. The van der Waals surface area contributed by atoms with Gasteiger partial charge in [-0.25, -0.2) is 9.78 Å². The lowest BCUT2D eigenvalue weighted by atomic mass is 10.2. The number of methoxy groups -OCH3 is 1. The fraction of sp³-hybridized carbons (Fsp3) is 0.421. The molecule has 1 aromatic carbocycles. The van der Waals surface area contributed by atoms with Crippen LogP contribution in [0.1, 0.15) is 40.7 Å². The molecule has 7 nitrogen and oxygen atoms in total. The zero-order valence-corrected chi connectivity index (χ0v) is 16.3. The molecule has 2 aromatic rings. The van der Waals surface area contributed by atoms with Crippen molar-refractivity contribution >= 4 is 28.5 Å².